The van der Waals surface area contributed by atoms with E-state index in [0.29, 0.717) is 10.7 Å². The van der Waals surface area contributed by atoms with Crippen molar-refractivity contribution in [3.63, 3.8) is 0 Å². The van der Waals surface area contributed by atoms with E-state index in [2.05, 4.69) is 4.98 Å². The van der Waals surface area contributed by atoms with Crippen LogP contribution >= 0.6 is 22.3 Å². The average molecular weight is 226 g/mol. The molecule has 12 heavy (non-hydrogen) atoms. The number of pyridine rings is 1. The molecule has 1 aromatic heterocycles. The number of nitrogens with zero attached hydrogens (tertiary/aromatic N) is 1. The summed E-state index contributed by atoms with van der Waals surface area (Å²) in [5.74, 6) is -0.297. The minimum Gasteiger partial charge on any atom is -0.260 e. The first kappa shape index (κ1) is 9.77. The highest BCUT2D eigenvalue weighted by atomic mass is 35.7. The molecule has 0 radical (unpaired) electrons. The molecule has 0 N–H and O–H groups in total. The Morgan fingerprint density at radius 3 is 2.67 bits per heavy atom. The second kappa shape index (κ2) is 3.60. The molecule has 1 heterocycles. The highest BCUT2D eigenvalue weighted by molar-refractivity contribution is 8.13. The summed E-state index contributed by atoms with van der Waals surface area (Å²) in [6.45, 7) is 0. The smallest absolute Gasteiger partial charge is 0.238 e. The maximum absolute atomic E-state index is 10.6. The van der Waals surface area contributed by atoms with E-state index in [1.165, 1.54) is 12.3 Å². The van der Waals surface area contributed by atoms with Gasteiger partial charge in [-0.25, -0.2) is 8.42 Å². The van der Waals surface area contributed by atoms with E-state index in [-0.39, 0.29) is 5.75 Å². The van der Waals surface area contributed by atoms with Crippen LogP contribution in [0.25, 0.3) is 0 Å². The van der Waals surface area contributed by atoms with Gasteiger partial charge in [-0.2, -0.15) is 0 Å². The lowest BCUT2D eigenvalue weighted by Crippen LogP contribution is -1.97. The van der Waals surface area contributed by atoms with Gasteiger partial charge in [0, 0.05) is 21.9 Å². The number of aromatic nitrogens is 1. The Hall–Kier alpha value is -0.320. The second-order valence-electron chi connectivity index (χ2n) is 2.15. The molecule has 6 heteroatoms. The topological polar surface area (TPSA) is 47.0 Å². The van der Waals surface area contributed by atoms with E-state index in [1.54, 1.807) is 6.07 Å². The third-order valence-electron chi connectivity index (χ3n) is 1.10. The van der Waals surface area contributed by atoms with Gasteiger partial charge in [0.1, 0.15) is 5.75 Å². The van der Waals surface area contributed by atoms with Crippen molar-refractivity contribution in [1.29, 1.82) is 0 Å². The van der Waals surface area contributed by atoms with Crippen LogP contribution in [0.1, 0.15) is 5.69 Å². The molecular weight excluding hydrogens is 221 g/mol. The quantitative estimate of drug-likeness (QED) is 0.722. The molecule has 0 aliphatic heterocycles. The highest BCUT2D eigenvalue weighted by Crippen LogP contribution is 2.12. The van der Waals surface area contributed by atoms with Crippen LogP contribution in [0.5, 0.6) is 0 Å². The fourth-order valence-corrected chi connectivity index (χ4v) is 1.73. The molecule has 0 aliphatic rings. The van der Waals surface area contributed by atoms with Crippen molar-refractivity contribution >= 4 is 31.3 Å². The molecule has 66 valence electrons. The van der Waals surface area contributed by atoms with E-state index in [1.807, 2.05) is 0 Å². The standard InChI is InChI=1S/C6H5Cl2NO2S/c7-5-1-2-9-6(3-5)4-12(8,10)11/h1-3H,4H2. The van der Waals surface area contributed by atoms with Crippen molar-refractivity contribution in [2.75, 3.05) is 0 Å². The lowest BCUT2D eigenvalue weighted by atomic mass is 10.4. The molecule has 0 aromatic carbocycles. The molecule has 0 saturated heterocycles. The lowest BCUT2D eigenvalue weighted by Gasteiger charge is -1.96. The van der Waals surface area contributed by atoms with Gasteiger partial charge in [0.05, 0.1) is 5.69 Å². The Bertz CT molecular complexity index is 377. The average Bonchev–Trinajstić information content (AvgIpc) is 1.82. The number of rotatable bonds is 2. The van der Waals surface area contributed by atoms with Crippen molar-refractivity contribution in [1.82, 2.24) is 4.98 Å². The first-order valence-electron chi connectivity index (χ1n) is 3.00. The van der Waals surface area contributed by atoms with Gasteiger partial charge in [-0.3, -0.25) is 4.98 Å². The van der Waals surface area contributed by atoms with Crippen molar-refractivity contribution < 1.29 is 8.42 Å². The summed E-state index contributed by atoms with van der Waals surface area (Å²) in [6, 6.07) is 3.02. The summed E-state index contributed by atoms with van der Waals surface area (Å²) in [4.78, 5) is 3.78. The molecule has 1 aromatic rings. The lowest BCUT2D eigenvalue weighted by molar-refractivity contribution is 0.608. The third-order valence-corrected chi connectivity index (χ3v) is 2.30. The number of halogens is 2. The van der Waals surface area contributed by atoms with Crippen molar-refractivity contribution in [2.24, 2.45) is 0 Å². The molecule has 0 aliphatic carbocycles. The molecule has 0 saturated carbocycles. The molecular formula is C6H5Cl2NO2S. The zero-order valence-electron chi connectivity index (χ0n) is 5.87. The van der Waals surface area contributed by atoms with Gasteiger partial charge in [0.25, 0.3) is 0 Å². The third kappa shape index (κ3) is 3.38. The number of hydrogen-bond donors (Lipinski definition) is 0. The normalized spacial score (nSPS) is 11.5. The van der Waals surface area contributed by atoms with E-state index in [9.17, 15) is 8.42 Å². The largest absolute Gasteiger partial charge is 0.260 e. The van der Waals surface area contributed by atoms with Gasteiger partial charge in [0.15, 0.2) is 0 Å². The molecule has 0 atom stereocenters. The summed E-state index contributed by atoms with van der Waals surface area (Å²) >= 11 is 5.60. The molecule has 3 nitrogen and oxygen atoms in total. The molecule has 0 fully saturated rings. The molecule has 0 amide bonds. The molecule has 0 bridgehead atoms. The van der Waals surface area contributed by atoms with Gasteiger partial charge in [-0.1, -0.05) is 11.6 Å². The number of hydrogen-bond acceptors (Lipinski definition) is 3. The summed E-state index contributed by atoms with van der Waals surface area (Å²) in [7, 11) is 1.47. The van der Waals surface area contributed by atoms with Crippen LogP contribution in [0.2, 0.25) is 5.02 Å². The van der Waals surface area contributed by atoms with Gasteiger partial charge in [-0.05, 0) is 12.1 Å². The molecule has 1 rings (SSSR count). The maximum atomic E-state index is 10.6. The molecule has 0 spiro atoms. The predicted octanol–water partition coefficient (Wildman–Crippen LogP) is 1.80. The van der Waals surface area contributed by atoms with Crippen LogP contribution in [-0.2, 0) is 14.8 Å². The van der Waals surface area contributed by atoms with E-state index >= 15 is 0 Å². The van der Waals surface area contributed by atoms with Gasteiger partial charge < -0.3 is 0 Å². The zero-order chi connectivity index (χ0) is 9.19. The summed E-state index contributed by atoms with van der Waals surface area (Å²) in [6.07, 6.45) is 1.43. The maximum Gasteiger partial charge on any atom is 0.238 e. The second-order valence-corrected chi connectivity index (χ2v) is 5.36. The minimum atomic E-state index is -3.54. The van der Waals surface area contributed by atoms with E-state index in [0.717, 1.165) is 0 Å². The minimum absolute atomic E-state index is 0.297. The van der Waals surface area contributed by atoms with Gasteiger partial charge in [0.2, 0.25) is 9.05 Å². The van der Waals surface area contributed by atoms with Crippen molar-refractivity contribution in [3.8, 4) is 0 Å². The summed E-state index contributed by atoms with van der Waals surface area (Å²) in [5, 5.41) is 0.445. The monoisotopic (exact) mass is 225 g/mol. The predicted molar refractivity (Wildman–Crippen MR) is 47.7 cm³/mol. The fraction of sp³-hybridized carbons (Fsp3) is 0.167. The fourth-order valence-electron chi connectivity index (χ4n) is 0.704. The Kier molecular flexibility index (Phi) is 2.93. The first-order valence-corrected chi connectivity index (χ1v) is 5.86. The Morgan fingerprint density at radius 1 is 1.50 bits per heavy atom. The summed E-state index contributed by atoms with van der Waals surface area (Å²) in [5.41, 5.74) is 0.345. The Labute approximate surface area is 79.8 Å². The van der Waals surface area contributed by atoms with Crippen molar-refractivity contribution in [3.05, 3.63) is 29.0 Å². The Balaban J connectivity index is 2.91. The van der Waals surface area contributed by atoms with Crippen LogP contribution in [0, 0.1) is 0 Å². The van der Waals surface area contributed by atoms with Crippen LogP contribution in [0.4, 0.5) is 0 Å². The highest BCUT2D eigenvalue weighted by Gasteiger charge is 2.07. The van der Waals surface area contributed by atoms with Crippen LogP contribution in [0.3, 0.4) is 0 Å². The SMILES string of the molecule is O=S(=O)(Cl)Cc1cc(Cl)ccn1. The van der Waals surface area contributed by atoms with Gasteiger partial charge >= 0.3 is 0 Å². The van der Waals surface area contributed by atoms with Crippen LogP contribution < -0.4 is 0 Å². The zero-order valence-corrected chi connectivity index (χ0v) is 8.20. The summed E-state index contributed by atoms with van der Waals surface area (Å²) < 4.78 is 21.2. The van der Waals surface area contributed by atoms with Gasteiger partial charge in [-0.15, -0.1) is 0 Å². The van der Waals surface area contributed by atoms with E-state index < -0.39 is 9.05 Å². The Morgan fingerprint density at radius 2 is 2.17 bits per heavy atom. The van der Waals surface area contributed by atoms with E-state index in [4.69, 9.17) is 22.3 Å². The van der Waals surface area contributed by atoms with Crippen molar-refractivity contribution in [2.45, 2.75) is 5.75 Å². The first-order chi connectivity index (χ1) is 5.47. The van der Waals surface area contributed by atoms with Crippen LogP contribution in [-0.4, -0.2) is 13.4 Å². The van der Waals surface area contributed by atoms with Crippen LogP contribution in [0.15, 0.2) is 18.3 Å². The molecule has 0 unspecified atom stereocenters.